The van der Waals surface area contributed by atoms with Gasteiger partial charge in [0.05, 0.1) is 11.8 Å². The molecule has 0 aliphatic heterocycles. The molecule has 1 saturated carbocycles. The van der Waals surface area contributed by atoms with Gasteiger partial charge in [0.15, 0.2) is 11.3 Å². The minimum atomic E-state index is -1.21. The normalized spacial score (nSPS) is 19.5. The fourth-order valence-corrected chi connectivity index (χ4v) is 6.13. The number of hydrogen-bond acceptors (Lipinski definition) is 6. The fourth-order valence-electron chi connectivity index (χ4n) is 5.37. The largest absolute Gasteiger partial charge is 0.465 e. The molecule has 3 heterocycles. The summed E-state index contributed by atoms with van der Waals surface area (Å²) in [6, 6.07) is 0.941. The Morgan fingerprint density at radius 1 is 1.21 bits per heavy atom. The van der Waals surface area contributed by atoms with E-state index in [1.807, 2.05) is 4.57 Å². The number of ether oxygens (including phenoxy) is 1. The molecule has 38 heavy (non-hydrogen) atoms. The van der Waals surface area contributed by atoms with E-state index in [1.165, 1.54) is 0 Å². The van der Waals surface area contributed by atoms with Crippen molar-refractivity contribution in [1.29, 1.82) is 0 Å². The Morgan fingerprint density at radius 2 is 1.92 bits per heavy atom. The number of hydrogen-bond donors (Lipinski definition) is 3. The van der Waals surface area contributed by atoms with Crippen LogP contribution >= 0.6 is 0 Å². The highest BCUT2D eigenvalue weighted by Crippen LogP contribution is 2.35. The zero-order valence-electron chi connectivity index (χ0n) is 23.3. The van der Waals surface area contributed by atoms with E-state index in [0.29, 0.717) is 35.7 Å². The SMILES string of the molecule is CC(C)(C)C(NC(=O)O)[C@H]1CC[C@H](NC(=O)c2cn(COCC[Si](C)(C)C)c3ncc4nncn4c23)CC1. The summed E-state index contributed by atoms with van der Waals surface area (Å²) < 4.78 is 9.63. The summed E-state index contributed by atoms with van der Waals surface area (Å²) in [4.78, 5) is 29.5. The number of amides is 2. The first-order valence-corrected chi connectivity index (χ1v) is 17.1. The minimum Gasteiger partial charge on any atom is -0.465 e. The summed E-state index contributed by atoms with van der Waals surface area (Å²) in [6.45, 7) is 14.1. The highest BCUT2D eigenvalue weighted by molar-refractivity contribution is 6.76. The number of nitrogens with one attached hydrogen (secondary N) is 2. The van der Waals surface area contributed by atoms with Gasteiger partial charge in [0, 0.05) is 33.0 Å². The van der Waals surface area contributed by atoms with Crippen molar-refractivity contribution < 1.29 is 19.4 Å². The predicted molar refractivity (Wildman–Crippen MR) is 148 cm³/mol. The molecule has 3 N–H and O–H groups in total. The number of carbonyl (C=O) groups is 2. The van der Waals surface area contributed by atoms with Crippen molar-refractivity contribution in [1.82, 2.24) is 34.8 Å². The van der Waals surface area contributed by atoms with E-state index in [0.717, 1.165) is 31.7 Å². The van der Waals surface area contributed by atoms with Gasteiger partial charge in [-0.05, 0) is 43.1 Å². The minimum absolute atomic E-state index is 0.0173. The molecule has 1 fully saturated rings. The molecule has 0 saturated heterocycles. The number of rotatable bonds is 9. The molecular weight excluding hydrogens is 502 g/mol. The van der Waals surface area contributed by atoms with Gasteiger partial charge in [-0.25, -0.2) is 9.78 Å². The van der Waals surface area contributed by atoms with Gasteiger partial charge in [-0.15, -0.1) is 10.2 Å². The Bertz CT molecular complexity index is 1280. The number of aromatic nitrogens is 5. The Kier molecular flexibility index (Phi) is 8.12. The molecule has 11 nitrogen and oxygen atoms in total. The summed E-state index contributed by atoms with van der Waals surface area (Å²) in [5.41, 5.74) is 2.20. The second kappa shape index (κ2) is 11.0. The molecule has 0 aromatic carbocycles. The molecule has 0 radical (unpaired) electrons. The van der Waals surface area contributed by atoms with Crippen LogP contribution < -0.4 is 10.6 Å². The van der Waals surface area contributed by atoms with Crippen molar-refractivity contribution in [3.8, 4) is 0 Å². The van der Waals surface area contributed by atoms with Crippen LogP contribution in [0.1, 0.15) is 56.8 Å². The molecule has 1 atom stereocenters. The maximum Gasteiger partial charge on any atom is 0.404 e. The van der Waals surface area contributed by atoms with E-state index < -0.39 is 14.2 Å². The highest BCUT2D eigenvalue weighted by Gasteiger charge is 2.36. The Morgan fingerprint density at radius 3 is 2.55 bits per heavy atom. The third-order valence-electron chi connectivity index (χ3n) is 7.40. The van der Waals surface area contributed by atoms with Crippen LogP contribution in [-0.2, 0) is 11.5 Å². The Labute approximate surface area is 224 Å². The summed E-state index contributed by atoms with van der Waals surface area (Å²) in [6.07, 6.45) is 7.34. The van der Waals surface area contributed by atoms with Crippen molar-refractivity contribution in [3.05, 3.63) is 24.3 Å². The Balaban J connectivity index is 1.48. The lowest BCUT2D eigenvalue weighted by Gasteiger charge is -2.40. The molecule has 2 amide bonds. The van der Waals surface area contributed by atoms with Gasteiger partial charge in [-0.2, -0.15) is 0 Å². The topological polar surface area (TPSA) is 136 Å². The average Bonchev–Trinajstić information content (AvgIpc) is 3.44. The molecule has 12 heteroatoms. The van der Waals surface area contributed by atoms with Crippen LogP contribution in [0.3, 0.4) is 0 Å². The van der Waals surface area contributed by atoms with E-state index in [-0.39, 0.29) is 29.3 Å². The molecule has 3 aromatic heterocycles. The van der Waals surface area contributed by atoms with Crippen LogP contribution in [0.2, 0.25) is 25.7 Å². The van der Waals surface area contributed by atoms with Gasteiger partial charge in [0.2, 0.25) is 0 Å². The standard InChI is InChI=1S/C26H41N7O4Si/c1-26(2,3)22(30-25(35)36)17-7-9-18(10-8-17)29-24(34)19-14-32(16-37-11-12-38(4,5)6)23-21(19)33-15-28-31-20(33)13-27-23/h13-15,17-18,22,30H,7-12,16H2,1-6H3,(H,29,34)(H,35,36)/t17-,18-,22?. The van der Waals surface area contributed by atoms with E-state index in [9.17, 15) is 14.7 Å². The third kappa shape index (κ3) is 6.52. The molecular formula is C26H41N7O4Si. The molecule has 208 valence electrons. The summed E-state index contributed by atoms with van der Waals surface area (Å²) in [7, 11) is -1.21. The third-order valence-corrected chi connectivity index (χ3v) is 9.11. The molecule has 4 rings (SSSR count). The van der Waals surface area contributed by atoms with Crippen molar-refractivity contribution >= 4 is 36.9 Å². The second-order valence-corrected chi connectivity index (χ2v) is 18.3. The predicted octanol–water partition coefficient (Wildman–Crippen LogP) is 4.36. The lowest BCUT2D eigenvalue weighted by atomic mass is 9.72. The van der Waals surface area contributed by atoms with E-state index in [1.54, 1.807) is 23.1 Å². The maximum absolute atomic E-state index is 13.6. The smallest absolute Gasteiger partial charge is 0.404 e. The highest BCUT2D eigenvalue weighted by atomic mass is 28.3. The number of nitrogens with zero attached hydrogens (tertiary/aromatic N) is 5. The Hall–Kier alpha value is -2.99. The van der Waals surface area contributed by atoms with Crippen LogP contribution in [0.15, 0.2) is 18.7 Å². The van der Waals surface area contributed by atoms with Crippen LogP contribution in [0.25, 0.3) is 16.8 Å². The van der Waals surface area contributed by atoms with E-state index in [4.69, 9.17) is 4.74 Å². The van der Waals surface area contributed by atoms with Gasteiger partial charge in [-0.3, -0.25) is 9.20 Å². The summed E-state index contributed by atoms with van der Waals surface area (Å²) >= 11 is 0. The number of carboxylic acid groups (broad SMARTS) is 1. The molecule has 1 aliphatic rings. The summed E-state index contributed by atoms with van der Waals surface area (Å²) in [5, 5.41) is 23.4. The van der Waals surface area contributed by atoms with E-state index in [2.05, 4.69) is 66.2 Å². The van der Waals surface area contributed by atoms with Gasteiger partial charge in [-0.1, -0.05) is 40.4 Å². The summed E-state index contributed by atoms with van der Waals surface area (Å²) in [5.74, 6) is 0.0636. The van der Waals surface area contributed by atoms with Gasteiger partial charge in [0.25, 0.3) is 5.91 Å². The van der Waals surface area contributed by atoms with Crippen molar-refractivity contribution in [3.63, 3.8) is 0 Å². The van der Waals surface area contributed by atoms with Crippen LogP contribution in [-0.4, -0.2) is 68.0 Å². The second-order valence-electron chi connectivity index (χ2n) is 12.7. The van der Waals surface area contributed by atoms with Crippen LogP contribution in [0.4, 0.5) is 4.79 Å². The zero-order valence-corrected chi connectivity index (χ0v) is 24.3. The van der Waals surface area contributed by atoms with Gasteiger partial charge >= 0.3 is 6.09 Å². The molecule has 3 aromatic rings. The lowest BCUT2D eigenvalue weighted by Crippen LogP contribution is -2.50. The monoisotopic (exact) mass is 543 g/mol. The first kappa shape index (κ1) is 28.0. The van der Waals surface area contributed by atoms with Crippen LogP contribution in [0, 0.1) is 11.3 Å². The van der Waals surface area contributed by atoms with E-state index >= 15 is 0 Å². The van der Waals surface area contributed by atoms with Crippen molar-refractivity contribution in [2.24, 2.45) is 11.3 Å². The zero-order chi connectivity index (χ0) is 27.7. The lowest BCUT2D eigenvalue weighted by molar-refractivity contribution is 0.0881. The fraction of sp³-hybridized carbons (Fsp3) is 0.654. The average molecular weight is 544 g/mol. The molecule has 0 spiro atoms. The maximum atomic E-state index is 13.6. The molecule has 1 unspecified atom stereocenters. The quantitative estimate of drug-likeness (QED) is 0.269. The molecule has 0 bridgehead atoms. The molecule has 1 aliphatic carbocycles. The van der Waals surface area contributed by atoms with Gasteiger partial charge in [0.1, 0.15) is 18.6 Å². The van der Waals surface area contributed by atoms with Gasteiger partial charge < -0.3 is 25.0 Å². The van der Waals surface area contributed by atoms with Crippen molar-refractivity contribution in [2.75, 3.05) is 6.61 Å². The van der Waals surface area contributed by atoms with Crippen LogP contribution in [0.5, 0.6) is 0 Å². The first-order chi connectivity index (χ1) is 17.8. The van der Waals surface area contributed by atoms with Crippen molar-refractivity contribution in [2.45, 2.75) is 91.0 Å². The number of fused-ring (bicyclic) bond motifs is 3. The first-order valence-electron chi connectivity index (χ1n) is 13.4. The number of carbonyl (C=O) groups excluding carboxylic acids is 1.